The molecule has 0 fully saturated rings. The Morgan fingerprint density at radius 2 is 1.96 bits per heavy atom. The lowest BCUT2D eigenvalue weighted by molar-refractivity contribution is -0.148. The lowest BCUT2D eigenvalue weighted by Crippen LogP contribution is -2.41. The normalized spacial score (nSPS) is 13.5. The third kappa shape index (κ3) is 4.00. The summed E-state index contributed by atoms with van der Waals surface area (Å²) in [4.78, 5) is 19.8. The third-order valence-corrected chi connectivity index (χ3v) is 6.25. The van der Waals surface area contributed by atoms with Gasteiger partial charge in [-0.2, -0.15) is 0 Å². The number of para-hydroxylation sites is 1. The van der Waals surface area contributed by atoms with Crippen LogP contribution in [0.3, 0.4) is 0 Å². The van der Waals surface area contributed by atoms with Gasteiger partial charge < -0.3 is 19.5 Å². The number of hydrogen-bond acceptors (Lipinski definition) is 7. The molecule has 0 saturated carbocycles. The van der Waals surface area contributed by atoms with Crippen LogP contribution in [-0.2, 0) is 17.9 Å². The highest BCUT2D eigenvalue weighted by Crippen LogP contribution is 2.29. The Labute approximate surface area is 169 Å². The molecule has 2 N–H and O–H groups in total. The molecule has 3 aromatic heterocycles. The SMILES string of the molecule is O=C(C(O)C(O)c1nc2ccccc2s1)N(Cc1ccco1)Cc1cccs1. The van der Waals surface area contributed by atoms with E-state index in [-0.39, 0.29) is 6.54 Å². The summed E-state index contributed by atoms with van der Waals surface area (Å²) in [6.07, 6.45) is -1.47. The van der Waals surface area contributed by atoms with Crippen LogP contribution in [0.2, 0.25) is 0 Å². The molecular weight excluding hydrogens is 396 g/mol. The van der Waals surface area contributed by atoms with Crippen LogP contribution in [0, 0.1) is 0 Å². The van der Waals surface area contributed by atoms with E-state index >= 15 is 0 Å². The predicted octanol–water partition coefficient (Wildman–Crippen LogP) is 3.57. The zero-order valence-electron chi connectivity index (χ0n) is 14.8. The average Bonchev–Trinajstić information content (AvgIpc) is 3.46. The van der Waals surface area contributed by atoms with Gasteiger partial charge in [-0.3, -0.25) is 4.79 Å². The van der Waals surface area contributed by atoms with Crippen LogP contribution in [0.4, 0.5) is 0 Å². The molecule has 0 saturated heterocycles. The van der Waals surface area contributed by atoms with E-state index in [1.54, 1.807) is 12.1 Å². The van der Waals surface area contributed by atoms with Gasteiger partial charge in [0.15, 0.2) is 6.10 Å². The topological polar surface area (TPSA) is 86.8 Å². The number of thiazole rings is 1. The lowest BCUT2D eigenvalue weighted by atomic mass is 10.1. The molecular formula is C20H18N2O4S2. The number of aliphatic hydroxyl groups excluding tert-OH is 2. The minimum atomic E-state index is -1.62. The van der Waals surface area contributed by atoms with Gasteiger partial charge in [-0.05, 0) is 35.7 Å². The standard InChI is InChI=1S/C20H18N2O4S2/c23-17(19-21-15-7-1-2-8-16(15)28-19)18(24)20(25)22(11-13-5-3-9-26-13)12-14-6-4-10-27-14/h1-10,17-18,23-24H,11-12H2. The highest BCUT2D eigenvalue weighted by atomic mass is 32.1. The number of aliphatic hydroxyl groups is 2. The molecule has 28 heavy (non-hydrogen) atoms. The van der Waals surface area contributed by atoms with Crippen LogP contribution in [-0.4, -0.2) is 32.1 Å². The van der Waals surface area contributed by atoms with E-state index in [0.717, 1.165) is 15.1 Å². The van der Waals surface area contributed by atoms with Crippen LogP contribution in [0.25, 0.3) is 10.2 Å². The van der Waals surface area contributed by atoms with E-state index in [9.17, 15) is 15.0 Å². The van der Waals surface area contributed by atoms with Crippen molar-refractivity contribution in [2.45, 2.75) is 25.3 Å². The fourth-order valence-electron chi connectivity index (χ4n) is 2.87. The quantitative estimate of drug-likeness (QED) is 0.483. The highest BCUT2D eigenvalue weighted by molar-refractivity contribution is 7.18. The molecule has 3 heterocycles. The number of benzene rings is 1. The van der Waals surface area contributed by atoms with Gasteiger partial charge in [-0.1, -0.05) is 18.2 Å². The van der Waals surface area contributed by atoms with Gasteiger partial charge in [0.25, 0.3) is 5.91 Å². The summed E-state index contributed by atoms with van der Waals surface area (Å²) in [5, 5.41) is 23.4. The van der Waals surface area contributed by atoms with Crippen molar-refractivity contribution in [1.29, 1.82) is 0 Å². The van der Waals surface area contributed by atoms with Gasteiger partial charge >= 0.3 is 0 Å². The number of thiophene rings is 1. The molecule has 1 amide bonds. The number of amides is 1. The van der Waals surface area contributed by atoms with Crippen LogP contribution < -0.4 is 0 Å². The predicted molar refractivity (Wildman–Crippen MR) is 108 cm³/mol. The average molecular weight is 415 g/mol. The second-order valence-electron chi connectivity index (χ2n) is 6.26. The van der Waals surface area contributed by atoms with E-state index in [1.807, 2.05) is 41.8 Å². The van der Waals surface area contributed by atoms with Crippen LogP contribution >= 0.6 is 22.7 Å². The summed E-state index contributed by atoms with van der Waals surface area (Å²) in [6.45, 7) is 0.522. The van der Waals surface area contributed by atoms with Crippen molar-refractivity contribution < 1.29 is 19.4 Å². The summed E-state index contributed by atoms with van der Waals surface area (Å²) in [7, 11) is 0. The number of aromatic nitrogens is 1. The second-order valence-corrected chi connectivity index (χ2v) is 8.36. The fraction of sp³-hybridized carbons (Fsp3) is 0.200. The van der Waals surface area contributed by atoms with Crippen LogP contribution in [0.5, 0.6) is 0 Å². The number of fused-ring (bicyclic) bond motifs is 1. The maximum atomic E-state index is 13.0. The minimum Gasteiger partial charge on any atom is -0.467 e. The van der Waals surface area contributed by atoms with E-state index < -0.39 is 18.1 Å². The first-order valence-corrected chi connectivity index (χ1v) is 10.4. The third-order valence-electron chi connectivity index (χ3n) is 4.28. The number of rotatable bonds is 7. The van der Waals surface area contributed by atoms with Crippen molar-refractivity contribution in [2.75, 3.05) is 0 Å². The van der Waals surface area contributed by atoms with Crippen molar-refractivity contribution in [1.82, 2.24) is 9.88 Å². The number of hydrogen-bond donors (Lipinski definition) is 2. The lowest BCUT2D eigenvalue weighted by Gasteiger charge is -2.25. The van der Waals surface area contributed by atoms with E-state index in [2.05, 4.69) is 4.98 Å². The second kappa shape index (κ2) is 8.24. The van der Waals surface area contributed by atoms with E-state index in [0.29, 0.717) is 17.3 Å². The molecule has 0 radical (unpaired) electrons. The molecule has 8 heteroatoms. The van der Waals surface area contributed by atoms with Crippen LogP contribution in [0.1, 0.15) is 21.7 Å². The molecule has 0 aliphatic rings. The molecule has 144 valence electrons. The van der Waals surface area contributed by atoms with Crippen LogP contribution in [0.15, 0.2) is 64.6 Å². The monoisotopic (exact) mass is 414 g/mol. The van der Waals surface area contributed by atoms with Crippen molar-refractivity contribution in [3.05, 3.63) is 75.8 Å². The highest BCUT2D eigenvalue weighted by Gasteiger charge is 2.32. The van der Waals surface area contributed by atoms with Crippen molar-refractivity contribution in [3.8, 4) is 0 Å². The number of furan rings is 1. The molecule has 4 aromatic rings. The van der Waals surface area contributed by atoms with Crippen molar-refractivity contribution in [2.24, 2.45) is 0 Å². The summed E-state index contributed by atoms with van der Waals surface area (Å²) in [5.41, 5.74) is 0.729. The van der Waals surface area contributed by atoms with E-state index in [1.165, 1.54) is 33.8 Å². The molecule has 0 spiro atoms. The Morgan fingerprint density at radius 3 is 2.68 bits per heavy atom. The molecule has 6 nitrogen and oxygen atoms in total. The van der Waals surface area contributed by atoms with Gasteiger partial charge in [0.2, 0.25) is 0 Å². The summed E-state index contributed by atoms with van der Waals surface area (Å²) >= 11 is 2.79. The van der Waals surface area contributed by atoms with Gasteiger partial charge in [0.05, 0.1) is 29.6 Å². The fourth-order valence-corrected chi connectivity index (χ4v) is 4.57. The molecule has 0 aliphatic carbocycles. The summed E-state index contributed by atoms with van der Waals surface area (Å²) < 4.78 is 6.24. The van der Waals surface area contributed by atoms with Gasteiger partial charge in [-0.25, -0.2) is 4.98 Å². The van der Waals surface area contributed by atoms with Gasteiger partial charge in [0.1, 0.15) is 16.9 Å². The molecule has 2 atom stereocenters. The summed E-state index contributed by atoms with van der Waals surface area (Å²) in [5.74, 6) is 0.0307. The molecule has 1 aromatic carbocycles. The van der Waals surface area contributed by atoms with E-state index in [4.69, 9.17) is 4.42 Å². The maximum Gasteiger partial charge on any atom is 0.255 e. The summed E-state index contributed by atoms with van der Waals surface area (Å²) in [6, 6.07) is 14.8. The number of nitrogens with zero attached hydrogens (tertiary/aromatic N) is 2. The Bertz CT molecular complexity index is 974. The molecule has 2 unspecified atom stereocenters. The van der Waals surface area contributed by atoms with Crippen molar-refractivity contribution >= 4 is 38.8 Å². The number of carbonyl (C=O) groups is 1. The Morgan fingerprint density at radius 1 is 1.11 bits per heavy atom. The van der Waals surface area contributed by atoms with Gasteiger partial charge in [0, 0.05) is 4.88 Å². The first-order valence-electron chi connectivity index (χ1n) is 8.67. The zero-order valence-corrected chi connectivity index (χ0v) is 16.4. The molecule has 0 aliphatic heterocycles. The molecule has 0 bridgehead atoms. The maximum absolute atomic E-state index is 13.0. The minimum absolute atomic E-state index is 0.202. The van der Waals surface area contributed by atoms with Crippen molar-refractivity contribution in [3.63, 3.8) is 0 Å². The first kappa shape index (κ1) is 18.8. The Kier molecular flexibility index (Phi) is 5.54. The molecule has 4 rings (SSSR count). The smallest absolute Gasteiger partial charge is 0.255 e. The first-order chi connectivity index (χ1) is 13.6. The number of carbonyl (C=O) groups excluding carboxylic acids is 1. The Hall–Kier alpha value is -2.52. The Balaban J connectivity index is 1.55. The van der Waals surface area contributed by atoms with Gasteiger partial charge in [-0.15, -0.1) is 22.7 Å². The largest absolute Gasteiger partial charge is 0.467 e. The zero-order chi connectivity index (χ0) is 19.5.